The highest BCUT2D eigenvalue weighted by molar-refractivity contribution is 6.62. The summed E-state index contributed by atoms with van der Waals surface area (Å²) in [6.45, 7) is 2.06. The van der Waals surface area contributed by atoms with Crippen LogP contribution in [-0.2, 0) is 16.0 Å². The SMILES string of the molecule is CCc1ccc(C=CC(=O)OC(=O)Cl)cc1. The van der Waals surface area contributed by atoms with Crippen LogP contribution in [0.3, 0.4) is 0 Å². The second-order valence-corrected chi connectivity index (χ2v) is 3.40. The lowest BCUT2D eigenvalue weighted by Crippen LogP contribution is -2.01. The first kappa shape index (κ1) is 12.5. The number of benzene rings is 1. The van der Waals surface area contributed by atoms with E-state index in [1.54, 1.807) is 6.08 Å². The Labute approximate surface area is 98.7 Å². The van der Waals surface area contributed by atoms with Crippen molar-refractivity contribution in [1.29, 1.82) is 0 Å². The van der Waals surface area contributed by atoms with Crippen molar-refractivity contribution < 1.29 is 14.3 Å². The second kappa shape index (κ2) is 6.08. The predicted octanol–water partition coefficient (Wildman–Crippen LogP) is 3.16. The van der Waals surface area contributed by atoms with Crippen LogP contribution in [0.15, 0.2) is 30.3 Å². The molecule has 0 N–H and O–H groups in total. The Bertz CT molecular complexity index is 407. The molecule has 0 radical (unpaired) electrons. The Morgan fingerprint density at radius 1 is 1.31 bits per heavy atom. The van der Waals surface area contributed by atoms with Crippen molar-refractivity contribution in [3.8, 4) is 0 Å². The van der Waals surface area contributed by atoms with Gasteiger partial charge in [0, 0.05) is 17.7 Å². The molecule has 1 rings (SSSR count). The lowest BCUT2D eigenvalue weighted by atomic mass is 10.1. The van der Waals surface area contributed by atoms with Gasteiger partial charge in [-0.15, -0.1) is 0 Å². The molecule has 0 heterocycles. The highest BCUT2D eigenvalue weighted by atomic mass is 35.5. The van der Waals surface area contributed by atoms with Crippen LogP contribution in [0.25, 0.3) is 6.08 Å². The van der Waals surface area contributed by atoms with Gasteiger partial charge in [-0.1, -0.05) is 31.2 Å². The molecule has 0 amide bonds. The third kappa shape index (κ3) is 4.28. The molecule has 1 aromatic carbocycles. The van der Waals surface area contributed by atoms with Crippen molar-refractivity contribution in [1.82, 2.24) is 0 Å². The minimum atomic E-state index is -1.13. The van der Waals surface area contributed by atoms with Crippen LogP contribution in [-0.4, -0.2) is 11.4 Å². The second-order valence-electron chi connectivity index (χ2n) is 3.09. The first-order valence-electron chi connectivity index (χ1n) is 4.80. The molecule has 0 fully saturated rings. The van der Waals surface area contributed by atoms with Gasteiger partial charge in [0.05, 0.1) is 0 Å². The van der Waals surface area contributed by atoms with Crippen LogP contribution in [0.4, 0.5) is 4.79 Å². The van der Waals surface area contributed by atoms with Crippen LogP contribution >= 0.6 is 11.6 Å². The predicted molar refractivity (Wildman–Crippen MR) is 62.2 cm³/mol. The van der Waals surface area contributed by atoms with E-state index in [-0.39, 0.29) is 0 Å². The minimum absolute atomic E-state index is 0.778. The van der Waals surface area contributed by atoms with Gasteiger partial charge in [-0.3, -0.25) is 0 Å². The maximum Gasteiger partial charge on any atom is 0.411 e. The van der Waals surface area contributed by atoms with Gasteiger partial charge in [-0.05, 0) is 23.6 Å². The van der Waals surface area contributed by atoms with Crippen LogP contribution in [0.2, 0.25) is 0 Å². The van der Waals surface area contributed by atoms with E-state index in [9.17, 15) is 9.59 Å². The fraction of sp³-hybridized carbons (Fsp3) is 0.167. The fourth-order valence-corrected chi connectivity index (χ4v) is 1.22. The lowest BCUT2D eigenvalue weighted by Gasteiger charge is -1.97. The summed E-state index contributed by atoms with van der Waals surface area (Å²) in [6.07, 6.45) is 3.68. The maximum absolute atomic E-state index is 10.9. The Morgan fingerprint density at radius 3 is 2.44 bits per heavy atom. The third-order valence-electron chi connectivity index (χ3n) is 1.98. The summed E-state index contributed by atoms with van der Waals surface area (Å²) < 4.78 is 4.12. The molecule has 0 atom stereocenters. The quantitative estimate of drug-likeness (QED) is 0.352. The van der Waals surface area contributed by atoms with Gasteiger partial charge in [0.25, 0.3) is 0 Å². The molecule has 0 unspecified atom stereocenters. The standard InChI is InChI=1S/C12H11ClO3/c1-2-9-3-5-10(6-4-9)7-8-11(14)16-12(13)15/h3-8H,2H2,1H3. The van der Waals surface area contributed by atoms with Gasteiger partial charge in [-0.25, -0.2) is 9.59 Å². The molecule has 1 aromatic rings. The lowest BCUT2D eigenvalue weighted by molar-refractivity contribution is -0.130. The van der Waals surface area contributed by atoms with Gasteiger partial charge in [-0.2, -0.15) is 0 Å². The Morgan fingerprint density at radius 2 is 1.94 bits per heavy atom. The zero-order valence-corrected chi connectivity index (χ0v) is 9.53. The summed E-state index contributed by atoms with van der Waals surface area (Å²) in [7, 11) is 0. The number of aryl methyl sites for hydroxylation is 1. The molecule has 0 aliphatic carbocycles. The normalized spacial score (nSPS) is 10.4. The Hall–Kier alpha value is -1.61. The molecule has 0 saturated carbocycles. The fourth-order valence-electron chi connectivity index (χ4n) is 1.14. The van der Waals surface area contributed by atoms with E-state index < -0.39 is 11.4 Å². The molecular formula is C12H11ClO3. The van der Waals surface area contributed by atoms with E-state index in [4.69, 9.17) is 11.6 Å². The van der Waals surface area contributed by atoms with Crippen molar-refractivity contribution in [2.75, 3.05) is 0 Å². The molecule has 4 heteroatoms. The van der Waals surface area contributed by atoms with Gasteiger partial charge in [0.15, 0.2) is 0 Å². The number of ether oxygens (including phenoxy) is 1. The van der Waals surface area contributed by atoms with Crippen molar-refractivity contribution in [3.63, 3.8) is 0 Å². The molecule has 3 nitrogen and oxygen atoms in total. The van der Waals surface area contributed by atoms with Crippen LogP contribution < -0.4 is 0 Å². The molecular weight excluding hydrogens is 228 g/mol. The molecule has 84 valence electrons. The van der Waals surface area contributed by atoms with Crippen LogP contribution in [0.1, 0.15) is 18.1 Å². The zero-order valence-electron chi connectivity index (χ0n) is 8.77. The van der Waals surface area contributed by atoms with E-state index in [2.05, 4.69) is 11.7 Å². The molecule has 0 aliphatic heterocycles. The average molecular weight is 239 g/mol. The molecule has 0 aliphatic rings. The van der Waals surface area contributed by atoms with E-state index in [1.165, 1.54) is 5.56 Å². The van der Waals surface area contributed by atoms with Crippen molar-refractivity contribution >= 4 is 29.1 Å². The van der Waals surface area contributed by atoms with E-state index in [1.807, 2.05) is 24.3 Å². The topological polar surface area (TPSA) is 43.4 Å². The van der Waals surface area contributed by atoms with Crippen LogP contribution in [0.5, 0.6) is 0 Å². The van der Waals surface area contributed by atoms with Crippen LogP contribution in [0, 0.1) is 0 Å². The Kier molecular flexibility index (Phi) is 4.73. The van der Waals surface area contributed by atoms with Crippen molar-refractivity contribution in [2.45, 2.75) is 13.3 Å². The molecule has 0 saturated heterocycles. The average Bonchev–Trinajstić information content (AvgIpc) is 2.26. The largest absolute Gasteiger partial charge is 0.411 e. The van der Waals surface area contributed by atoms with Gasteiger partial charge >= 0.3 is 11.4 Å². The third-order valence-corrected chi connectivity index (χ3v) is 2.06. The summed E-state index contributed by atoms with van der Waals surface area (Å²) >= 11 is 4.88. The number of carbonyl (C=O) groups is 2. The summed E-state index contributed by atoms with van der Waals surface area (Å²) in [5, 5.41) is 0. The van der Waals surface area contributed by atoms with E-state index in [0.717, 1.165) is 18.1 Å². The highest BCUT2D eigenvalue weighted by Crippen LogP contribution is 2.06. The first-order chi connectivity index (χ1) is 7.61. The van der Waals surface area contributed by atoms with E-state index in [0.29, 0.717) is 0 Å². The summed E-state index contributed by atoms with van der Waals surface area (Å²) in [4.78, 5) is 21.2. The van der Waals surface area contributed by atoms with Gasteiger partial charge in [0.1, 0.15) is 0 Å². The number of rotatable bonds is 3. The number of hydrogen-bond donors (Lipinski definition) is 0. The van der Waals surface area contributed by atoms with E-state index >= 15 is 0 Å². The molecule has 0 aromatic heterocycles. The Balaban J connectivity index is 2.62. The zero-order chi connectivity index (χ0) is 12.0. The van der Waals surface area contributed by atoms with Gasteiger partial charge in [0.2, 0.25) is 0 Å². The monoisotopic (exact) mass is 238 g/mol. The van der Waals surface area contributed by atoms with Gasteiger partial charge < -0.3 is 4.74 Å². The van der Waals surface area contributed by atoms with Crippen molar-refractivity contribution in [2.24, 2.45) is 0 Å². The number of carbonyl (C=O) groups excluding carboxylic acids is 2. The number of esters is 1. The minimum Gasteiger partial charge on any atom is -0.377 e. The number of halogens is 1. The number of hydrogen-bond acceptors (Lipinski definition) is 3. The maximum atomic E-state index is 10.9. The summed E-state index contributed by atoms with van der Waals surface area (Å²) in [5.74, 6) is -0.778. The smallest absolute Gasteiger partial charge is 0.377 e. The summed E-state index contributed by atoms with van der Waals surface area (Å²) in [5.41, 5.74) is 0.947. The highest BCUT2D eigenvalue weighted by Gasteiger charge is 2.02. The molecule has 0 bridgehead atoms. The molecule has 16 heavy (non-hydrogen) atoms. The molecule has 0 spiro atoms. The first-order valence-corrected chi connectivity index (χ1v) is 5.18. The van der Waals surface area contributed by atoms with Crippen molar-refractivity contribution in [3.05, 3.63) is 41.5 Å². The summed E-state index contributed by atoms with van der Waals surface area (Å²) in [6, 6.07) is 7.70.